The minimum absolute atomic E-state index is 0.0106. The summed E-state index contributed by atoms with van der Waals surface area (Å²) in [4.78, 5) is 25.4. The summed E-state index contributed by atoms with van der Waals surface area (Å²) in [5.74, 6) is -2.21. The molecule has 25 heavy (non-hydrogen) atoms. The van der Waals surface area contributed by atoms with Gasteiger partial charge >= 0.3 is 0 Å². The molecule has 6 heteroatoms. The van der Waals surface area contributed by atoms with Crippen LogP contribution in [0.25, 0.3) is 0 Å². The van der Waals surface area contributed by atoms with Crippen LogP contribution in [0.3, 0.4) is 0 Å². The number of benzene rings is 2. The zero-order valence-electron chi connectivity index (χ0n) is 14.4. The lowest BCUT2D eigenvalue weighted by molar-refractivity contribution is -0.117. The number of hydrogen-bond acceptors (Lipinski definition) is 2. The Hall–Kier alpha value is -2.76. The number of aryl methyl sites for hydroxylation is 2. The van der Waals surface area contributed by atoms with Gasteiger partial charge in [-0.3, -0.25) is 9.59 Å². The minimum atomic E-state index is -0.842. The van der Waals surface area contributed by atoms with E-state index in [1.807, 2.05) is 32.0 Å². The monoisotopic (exact) mass is 346 g/mol. The number of nitrogens with one attached hydrogen (secondary N) is 1. The Labute approximate surface area is 145 Å². The molecule has 2 aromatic rings. The van der Waals surface area contributed by atoms with Gasteiger partial charge < -0.3 is 10.2 Å². The standard InChI is InChI=1S/C19H20F2N2O2/c1-12-4-6-16(10-13(12)2)23(14(3)24)9-8-19(25)22-18-7-5-15(20)11-17(18)21/h4-7,10-11H,8-9H2,1-3H3,(H,22,25). The second kappa shape index (κ2) is 7.88. The van der Waals surface area contributed by atoms with E-state index in [4.69, 9.17) is 0 Å². The van der Waals surface area contributed by atoms with Crippen LogP contribution >= 0.6 is 0 Å². The first-order chi connectivity index (χ1) is 11.8. The van der Waals surface area contributed by atoms with E-state index in [1.165, 1.54) is 11.8 Å². The van der Waals surface area contributed by atoms with E-state index < -0.39 is 17.5 Å². The SMILES string of the molecule is CC(=O)N(CCC(=O)Nc1ccc(F)cc1F)c1ccc(C)c(C)c1. The molecule has 2 rings (SSSR count). The van der Waals surface area contributed by atoms with Gasteiger partial charge in [-0.25, -0.2) is 8.78 Å². The van der Waals surface area contributed by atoms with E-state index in [2.05, 4.69) is 5.32 Å². The molecule has 0 aliphatic carbocycles. The molecule has 0 aromatic heterocycles. The van der Waals surface area contributed by atoms with Crippen LogP contribution in [0.15, 0.2) is 36.4 Å². The maximum Gasteiger partial charge on any atom is 0.226 e. The zero-order valence-corrected chi connectivity index (χ0v) is 14.4. The first-order valence-corrected chi connectivity index (χ1v) is 7.88. The van der Waals surface area contributed by atoms with Crippen LogP contribution in [-0.2, 0) is 9.59 Å². The van der Waals surface area contributed by atoms with Crippen molar-refractivity contribution in [3.63, 3.8) is 0 Å². The molecular formula is C19H20F2N2O2. The molecule has 4 nitrogen and oxygen atoms in total. The number of hydrogen-bond donors (Lipinski definition) is 1. The summed E-state index contributed by atoms with van der Waals surface area (Å²) < 4.78 is 26.4. The third-order valence-electron chi connectivity index (χ3n) is 3.95. The van der Waals surface area contributed by atoms with Gasteiger partial charge in [0.2, 0.25) is 11.8 Å². The summed E-state index contributed by atoms with van der Waals surface area (Å²) in [6, 6.07) is 8.54. The number of carbonyl (C=O) groups excluding carboxylic acids is 2. The molecular weight excluding hydrogens is 326 g/mol. The molecule has 1 N–H and O–H groups in total. The average molecular weight is 346 g/mol. The van der Waals surface area contributed by atoms with Gasteiger partial charge in [0.05, 0.1) is 5.69 Å². The topological polar surface area (TPSA) is 49.4 Å². The molecule has 0 aliphatic rings. The second-order valence-corrected chi connectivity index (χ2v) is 5.86. The Balaban J connectivity index is 2.04. The highest BCUT2D eigenvalue weighted by Gasteiger charge is 2.15. The Bertz CT molecular complexity index is 806. The second-order valence-electron chi connectivity index (χ2n) is 5.86. The van der Waals surface area contributed by atoms with Gasteiger partial charge in [-0.1, -0.05) is 6.07 Å². The molecule has 0 bridgehead atoms. The van der Waals surface area contributed by atoms with Gasteiger partial charge in [0.1, 0.15) is 11.6 Å². The van der Waals surface area contributed by atoms with Crippen molar-refractivity contribution in [2.24, 2.45) is 0 Å². The van der Waals surface area contributed by atoms with E-state index in [9.17, 15) is 18.4 Å². The zero-order chi connectivity index (χ0) is 18.6. The number of rotatable bonds is 5. The first kappa shape index (κ1) is 18.6. The van der Waals surface area contributed by atoms with Crippen molar-refractivity contribution >= 4 is 23.2 Å². The lowest BCUT2D eigenvalue weighted by Crippen LogP contribution is -2.32. The van der Waals surface area contributed by atoms with Crippen LogP contribution in [0.1, 0.15) is 24.5 Å². The van der Waals surface area contributed by atoms with Crippen molar-refractivity contribution in [1.82, 2.24) is 0 Å². The van der Waals surface area contributed by atoms with Crippen molar-refractivity contribution < 1.29 is 18.4 Å². The summed E-state index contributed by atoms with van der Waals surface area (Å²) >= 11 is 0. The maximum atomic E-state index is 13.6. The van der Waals surface area contributed by atoms with Crippen LogP contribution < -0.4 is 10.2 Å². The molecule has 2 aromatic carbocycles. The fourth-order valence-electron chi connectivity index (χ4n) is 2.38. The third kappa shape index (κ3) is 4.86. The van der Waals surface area contributed by atoms with Crippen molar-refractivity contribution in [2.75, 3.05) is 16.8 Å². The molecule has 0 aliphatic heterocycles. The molecule has 0 fully saturated rings. The predicted molar refractivity (Wildman–Crippen MR) is 93.5 cm³/mol. The summed E-state index contributed by atoms with van der Waals surface area (Å²) in [7, 11) is 0. The third-order valence-corrected chi connectivity index (χ3v) is 3.95. The summed E-state index contributed by atoms with van der Waals surface area (Å²) in [6.07, 6.45) is -0.0106. The van der Waals surface area contributed by atoms with Gasteiger partial charge in [0.25, 0.3) is 0 Å². The Morgan fingerprint density at radius 3 is 2.36 bits per heavy atom. The Morgan fingerprint density at radius 1 is 1.04 bits per heavy atom. The molecule has 0 unspecified atom stereocenters. The highest BCUT2D eigenvalue weighted by Crippen LogP contribution is 2.20. The van der Waals surface area contributed by atoms with Gasteiger partial charge in [-0.2, -0.15) is 0 Å². The van der Waals surface area contributed by atoms with E-state index in [0.717, 1.165) is 23.3 Å². The molecule has 0 saturated heterocycles. The highest BCUT2D eigenvalue weighted by atomic mass is 19.1. The van der Waals surface area contributed by atoms with Gasteiger partial charge in [0, 0.05) is 31.6 Å². The van der Waals surface area contributed by atoms with E-state index in [1.54, 1.807) is 0 Å². The fourth-order valence-corrected chi connectivity index (χ4v) is 2.38. The van der Waals surface area contributed by atoms with Crippen LogP contribution in [-0.4, -0.2) is 18.4 Å². The number of carbonyl (C=O) groups is 2. The molecule has 0 atom stereocenters. The summed E-state index contributed by atoms with van der Waals surface area (Å²) in [5, 5.41) is 2.39. The number of anilines is 2. The number of amides is 2. The lowest BCUT2D eigenvalue weighted by atomic mass is 10.1. The summed E-state index contributed by atoms with van der Waals surface area (Å²) in [6.45, 7) is 5.50. The largest absolute Gasteiger partial charge is 0.324 e. The quantitative estimate of drug-likeness (QED) is 0.891. The Morgan fingerprint density at radius 2 is 1.76 bits per heavy atom. The molecule has 0 radical (unpaired) electrons. The molecule has 0 spiro atoms. The fraction of sp³-hybridized carbons (Fsp3) is 0.263. The van der Waals surface area contributed by atoms with Crippen molar-refractivity contribution in [3.8, 4) is 0 Å². The predicted octanol–water partition coefficient (Wildman–Crippen LogP) is 3.96. The van der Waals surface area contributed by atoms with Crippen LogP contribution in [0.5, 0.6) is 0 Å². The number of halogens is 2. The van der Waals surface area contributed by atoms with Crippen molar-refractivity contribution in [1.29, 1.82) is 0 Å². The average Bonchev–Trinajstić information content (AvgIpc) is 2.53. The minimum Gasteiger partial charge on any atom is -0.324 e. The molecule has 132 valence electrons. The highest BCUT2D eigenvalue weighted by molar-refractivity contribution is 5.94. The van der Waals surface area contributed by atoms with E-state index >= 15 is 0 Å². The molecule has 0 heterocycles. The maximum absolute atomic E-state index is 13.6. The van der Waals surface area contributed by atoms with Crippen LogP contribution in [0.4, 0.5) is 20.2 Å². The number of nitrogens with zero attached hydrogens (tertiary/aromatic N) is 1. The molecule has 2 amide bonds. The van der Waals surface area contributed by atoms with Crippen LogP contribution in [0.2, 0.25) is 0 Å². The Kier molecular flexibility index (Phi) is 5.85. The van der Waals surface area contributed by atoms with Gasteiger partial charge in [0.15, 0.2) is 0 Å². The lowest BCUT2D eigenvalue weighted by Gasteiger charge is -2.22. The van der Waals surface area contributed by atoms with E-state index in [-0.39, 0.29) is 24.6 Å². The summed E-state index contributed by atoms with van der Waals surface area (Å²) in [5.41, 5.74) is 2.77. The first-order valence-electron chi connectivity index (χ1n) is 7.88. The smallest absolute Gasteiger partial charge is 0.226 e. The van der Waals surface area contributed by atoms with Gasteiger partial charge in [-0.15, -0.1) is 0 Å². The molecule has 0 saturated carbocycles. The van der Waals surface area contributed by atoms with Gasteiger partial charge in [-0.05, 0) is 49.2 Å². The normalized spacial score (nSPS) is 10.4. The van der Waals surface area contributed by atoms with Crippen molar-refractivity contribution in [2.45, 2.75) is 27.2 Å². The van der Waals surface area contributed by atoms with Crippen molar-refractivity contribution in [3.05, 3.63) is 59.2 Å². The van der Waals surface area contributed by atoms with E-state index in [0.29, 0.717) is 11.8 Å². The van der Waals surface area contributed by atoms with Crippen LogP contribution in [0, 0.1) is 25.5 Å².